The molecule has 34 heavy (non-hydrogen) atoms. The molecule has 1 amide bonds. The van der Waals surface area contributed by atoms with Crippen LogP contribution in [0.4, 0.5) is 0 Å². The second-order valence-corrected chi connectivity index (χ2v) is 8.81. The van der Waals surface area contributed by atoms with Crippen molar-refractivity contribution in [1.82, 2.24) is 9.80 Å². The van der Waals surface area contributed by atoms with Crippen molar-refractivity contribution in [3.8, 4) is 5.75 Å². The van der Waals surface area contributed by atoms with E-state index in [-0.39, 0.29) is 11.9 Å². The molecule has 0 N–H and O–H groups in total. The fourth-order valence-electron chi connectivity index (χ4n) is 4.45. The molecule has 0 aliphatic carbocycles. The van der Waals surface area contributed by atoms with E-state index < -0.39 is 0 Å². The molecular formula is C28H38N2O4. The molecule has 1 aliphatic rings. The van der Waals surface area contributed by atoms with Crippen LogP contribution in [0.5, 0.6) is 5.75 Å². The lowest BCUT2D eigenvalue weighted by Gasteiger charge is -2.38. The zero-order valence-electron chi connectivity index (χ0n) is 20.6. The van der Waals surface area contributed by atoms with Crippen LogP contribution in [0.25, 0.3) is 0 Å². The van der Waals surface area contributed by atoms with Gasteiger partial charge in [0.25, 0.3) is 0 Å². The SMILES string of the molecule is CCOC(=O)CCN(CCc1ccc(OCCc2ccccc2)cc1)C1CCN(C(C)=O)CC1. The highest BCUT2D eigenvalue weighted by Gasteiger charge is 2.26. The standard InChI is InChI=1S/C28H38N2O4/c1-3-33-28(32)16-21-30(26-14-19-29(20-15-26)23(2)31)18-13-25-9-11-27(12-10-25)34-22-17-24-7-5-4-6-8-24/h4-12,26H,3,13-22H2,1-2H3. The van der Waals surface area contributed by atoms with E-state index in [1.165, 1.54) is 11.1 Å². The van der Waals surface area contributed by atoms with Crippen LogP contribution in [0, 0.1) is 0 Å². The second kappa shape index (κ2) is 13.8. The largest absolute Gasteiger partial charge is 0.493 e. The van der Waals surface area contributed by atoms with Crippen molar-refractivity contribution < 1.29 is 19.1 Å². The molecule has 2 aromatic carbocycles. The van der Waals surface area contributed by atoms with Gasteiger partial charge in [-0.05, 0) is 49.4 Å². The molecular weight excluding hydrogens is 428 g/mol. The van der Waals surface area contributed by atoms with Crippen molar-refractivity contribution in [2.24, 2.45) is 0 Å². The van der Waals surface area contributed by atoms with E-state index >= 15 is 0 Å². The Labute approximate surface area is 203 Å². The molecule has 0 saturated carbocycles. The lowest BCUT2D eigenvalue weighted by atomic mass is 10.0. The molecule has 1 saturated heterocycles. The van der Waals surface area contributed by atoms with Crippen molar-refractivity contribution in [3.05, 3.63) is 65.7 Å². The van der Waals surface area contributed by atoms with E-state index in [0.29, 0.717) is 32.2 Å². The smallest absolute Gasteiger partial charge is 0.307 e. The Bertz CT molecular complexity index is 877. The number of amides is 1. The third-order valence-corrected chi connectivity index (χ3v) is 6.45. The number of carbonyl (C=O) groups excluding carboxylic acids is 2. The molecule has 1 aliphatic heterocycles. The van der Waals surface area contributed by atoms with Crippen LogP contribution < -0.4 is 4.74 Å². The third kappa shape index (κ3) is 8.49. The Morgan fingerprint density at radius 2 is 1.62 bits per heavy atom. The predicted molar refractivity (Wildman–Crippen MR) is 134 cm³/mol. The first-order chi connectivity index (χ1) is 16.5. The third-order valence-electron chi connectivity index (χ3n) is 6.45. The molecule has 1 heterocycles. The maximum absolute atomic E-state index is 11.9. The summed E-state index contributed by atoms with van der Waals surface area (Å²) in [6, 6.07) is 19.1. The van der Waals surface area contributed by atoms with Gasteiger partial charge in [-0.2, -0.15) is 0 Å². The summed E-state index contributed by atoms with van der Waals surface area (Å²) >= 11 is 0. The number of piperidine rings is 1. The summed E-state index contributed by atoms with van der Waals surface area (Å²) in [5.74, 6) is 0.878. The van der Waals surface area contributed by atoms with Gasteiger partial charge in [0, 0.05) is 45.6 Å². The summed E-state index contributed by atoms with van der Waals surface area (Å²) in [6.07, 6.45) is 4.07. The summed E-state index contributed by atoms with van der Waals surface area (Å²) in [5.41, 5.74) is 2.52. The average molecular weight is 467 g/mol. The number of nitrogens with zero attached hydrogens (tertiary/aromatic N) is 2. The summed E-state index contributed by atoms with van der Waals surface area (Å²) in [4.78, 5) is 27.9. The van der Waals surface area contributed by atoms with E-state index in [4.69, 9.17) is 9.47 Å². The van der Waals surface area contributed by atoms with Gasteiger partial charge in [-0.25, -0.2) is 0 Å². The summed E-state index contributed by atoms with van der Waals surface area (Å²) in [7, 11) is 0. The topological polar surface area (TPSA) is 59.1 Å². The Morgan fingerprint density at radius 1 is 0.941 bits per heavy atom. The van der Waals surface area contributed by atoms with Gasteiger partial charge in [0.1, 0.15) is 5.75 Å². The molecule has 0 spiro atoms. The van der Waals surface area contributed by atoms with Gasteiger partial charge in [0.2, 0.25) is 5.91 Å². The van der Waals surface area contributed by atoms with Crippen molar-refractivity contribution in [1.29, 1.82) is 0 Å². The van der Waals surface area contributed by atoms with Crippen molar-refractivity contribution in [2.45, 2.75) is 52.0 Å². The lowest BCUT2D eigenvalue weighted by molar-refractivity contribution is -0.143. The van der Waals surface area contributed by atoms with E-state index in [0.717, 1.165) is 51.1 Å². The second-order valence-electron chi connectivity index (χ2n) is 8.81. The predicted octanol–water partition coefficient (Wildman–Crippen LogP) is 4.12. The minimum atomic E-state index is -0.148. The Kier molecular flexibility index (Phi) is 10.4. The van der Waals surface area contributed by atoms with E-state index in [1.807, 2.05) is 42.2 Å². The quantitative estimate of drug-likeness (QED) is 0.441. The normalized spacial score (nSPS) is 14.3. The van der Waals surface area contributed by atoms with Crippen molar-refractivity contribution in [3.63, 3.8) is 0 Å². The number of likely N-dealkylation sites (tertiary alicyclic amines) is 1. The number of carbonyl (C=O) groups is 2. The molecule has 0 aromatic heterocycles. The van der Waals surface area contributed by atoms with Gasteiger partial charge in [-0.3, -0.25) is 14.5 Å². The molecule has 0 atom stereocenters. The molecule has 0 unspecified atom stereocenters. The van der Waals surface area contributed by atoms with Crippen LogP contribution in [-0.4, -0.2) is 67.1 Å². The van der Waals surface area contributed by atoms with Crippen LogP contribution >= 0.6 is 0 Å². The number of benzene rings is 2. The molecule has 6 heteroatoms. The molecule has 6 nitrogen and oxygen atoms in total. The van der Waals surface area contributed by atoms with Crippen LogP contribution in [-0.2, 0) is 27.2 Å². The minimum Gasteiger partial charge on any atom is -0.493 e. The summed E-state index contributed by atoms with van der Waals surface area (Å²) in [6.45, 7) is 7.66. The first-order valence-corrected chi connectivity index (χ1v) is 12.5. The highest BCUT2D eigenvalue weighted by atomic mass is 16.5. The minimum absolute atomic E-state index is 0.141. The molecule has 3 rings (SSSR count). The summed E-state index contributed by atoms with van der Waals surface area (Å²) in [5, 5.41) is 0. The van der Waals surface area contributed by atoms with Crippen molar-refractivity contribution >= 4 is 11.9 Å². The Balaban J connectivity index is 1.49. The average Bonchev–Trinajstić information content (AvgIpc) is 2.86. The first-order valence-electron chi connectivity index (χ1n) is 12.5. The highest BCUT2D eigenvalue weighted by molar-refractivity contribution is 5.73. The lowest BCUT2D eigenvalue weighted by Crippen LogP contribution is -2.47. The van der Waals surface area contributed by atoms with Gasteiger partial charge in [0.05, 0.1) is 19.6 Å². The number of esters is 1. The van der Waals surface area contributed by atoms with Gasteiger partial charge < -0.3 is 14.4 Å². The fourth-order valence-corrected chi connectivity index (χ4v) is 4.45. The first kappa shape index (κ1) is 25.8. The summed E-state index contributed by atoms with van der Waals surface area (Å²) < 4.78 is 11.0. The van der Waals surface area contributed by atoms with Crippen LogP contribution in [0.1, 0.15) is 44.2 Å². The Morgan fingerprint density at radius 3 is 2.26 bits per heavy atom. The van der Waals surface area contributed by atoms with Gasteiger partial charge in [-0.15, -0.1) is 0 Å². The molecule has 0 bridgehead atoms. The fraction of sp³-hybridized carbons (Fsp3) is 0.500. The van der Waals surface area contributed by atoms with Crippen LogP contribution in [0.15, 0.2) is 54.6 Å². The number of hydrogen-bond donors (Lipinski definition) is 0. The molecule has 2 aromatic rings. The maximum Gasteiger partial charge on any atom is 0.307 e. The van der Waals surface area contributed by atoms with Crippen LogP contribution in [0.2, 0.25) is 0 Å². The van der Waals surface area contributed by atoms with E-state index in [9.17, 15) is 9.59 Å². The zero-order chi connectivity index (χ0) is 24.2. The number of hydrogen-bond acceptors (Lipinski definition) is 5. The van der Waals surface area contributed by atoms with E-state index in [1.54, 1.807) is 6.92 Å². The molecule has 1 fully saturated rings. The molecule has 0 radical (unpaired) electrons. The number of ether oxygens (including phenoxy) is 2. The number of rotatable bonds is 12. The van der Waals surface area contributed by atoms with E-state index in [2.05, 4.69) is 29.2 Å². The zero-order valence-corrected chi connectivity index (χ0v) is 20.6. The van der Waals surface area contributed by atoms with Gasteiger partial charge in [0.15, 0.2) is 0 Å². The van der Waals surface area contributed by atoms with Crippen LogP contribution in [0.3, 0.4) is 0 Å². The monoisotopic (exact) mass is 466 g/mol. The highest BCUT2D eigenvalue weighted by Crippen LogP contribution is 2.19. The van der Waals surface area contributed by atoms with Crippen molar-refractivity contribution in [2.75, 3.05) is 39.4 Å². The van der Waals surface area contributed by atoms with Gasteiger partial charge >= 0.3 is 5.97 Å². The maximum atomic E-state index is 11.9. The molecule has 184 valence electrons. The Hall–Kier alpha value is -2.86. The van der Waals surface area contributed by atoms with Gasteiger partial charge in [-0.1, -0.05) is 42.5 Å².